The molecule has 1 aliphatic rings. The number of rotatable bonds is 5. The molecule has 0 unspecified atom stereocenters. The molecular weight excluding hydrogens is 248 g/mol. The number of hydrogen-bond acceptors (Lipinski definition) is 3. The second-order valence-electron chi connectivity index (χ2n) is 6.07. The Morgan fingerprint density at radius 2 is 2.00 bits per heavy atom. The molecule has 3 nitrogen and oxygen atoms in total. The van der Waals surface area contributed by atoms with Crippen LogP contribution in [0.3, 0.4) is 0 Å². The quantitative estimate of drug-likeness (QED) is 0.894. The minimum Gasteiger partial charge on any atom is -0.381 e. The summed E-state index contributed by atoms with van der Waals surface area (Å²) in [4.78, 5) is 2.47. The standard InChI is InChI=1S/C17H28N2O/c1-13(2)18-12-15-5-6-16(11-14(15)3)19-9-7-17(20-4)8-10-19/h5-6,11,13,17-18H,7-10,12H2,1-4H3. The van der Waals surface area contributed by atoms with Gasteiger partial charge in [0.05, 0.1) is 6.10 Å². The number of benzene rings is 1. The minimum atomic E-state index is 0.446. The lowest BCUT2D eigenvalue weighted by molar-refractivity contribution is 0.0819. The Kier molecular flexibility index (Phi) is 5.44. The summed E-state index contributed by atoms with van der Waals surface area (Å²) >= 11 is 0. The molecule has 0 atom stereocenters. The molecule has 0 radical (unpaired) electrons. The van der Waals surface area contributed by atoms with Crippen LogP contribution in [-0.4, -0.2) is 32.3 Å². The molecule has 2 rings (SSSR count). The van der Waals surface area contributed by atoms with E-state index in [-0.39, 0.29) is 0 Å². The van der Waals surface area contributed by atoms with Gasteiger partial charge in [-0.1, -0.05) is 19.9 Å². The van der Waals surface area contributed by atoms with Crippen LogP contribution in [0.4, 0.5) is 5.69 Å². The summed E-state index contributed by atoms with van der Waals surface area (Å²) in [5.74, 6) is 0. The Labute approximate surface area is 123 Å². The zero-order chi connectivity index (χ0) is 14.5. The van der Waals surface area contributed by atoms with Crippen molar-refractivity contribution in [3.63, 3.8) is 0 Å². The van der Waals surface area contributed by atoms with Crippen molar-refractivity contribution in [1.82, 2.24) is 5.32 Å². The van der Waals surface area contributed by atoms with Crippen molar-refractivity contribution in [3.8, 4) is 0 Å². The van der Waals surface area contributed by atoms with Crippen LogP contribution in [0.15, 0.2) is 18.2 Å². The van der Waals surface area contributed by atoms with Gasteiger partial charge >= 0.3 is 0 Å². The lowest BCUT2D eigenvalue weighted by atomic mass is 10.0. The highest BCUT2D eigenvalue weighted by atomic mass is 16.5. The monoisotopic (exact) mass is 276 g/mol. The van der Waals surface area contributed by atoms with Gasteiger partial charge in [0.1, 0.15) is 0 Å². The first-order valence-electron chi connectivity index (χ1n) is 7.71. The van der Waals surface area contributed by atoms with Gasteiger partial charge in [-0.25, -0.2) is 0 Å². The Morgan fingerprint density at radius 1 is 1.30 bits per heavy atom. The lowest BCUT2D eigenvalue weighted by Crippen LogP contribution is -2.36. The molecular formula is C17H28N2O. The zero-order valence-corrected chi connectivity index (χ0v) is 13.3. The highest BCUT2D eigenvalue weighted by Crippen LogP contribution is 2.23. The van der Waals surface area contributed by atoms with Gasteiger partial charge in [-0.2, -0.15) is 0 Å². The largest absolute Gasteiger partial charge is 0.381 e. The summed E-state index contributed by atoms with van der Waals surface area (Å²) in [5, 5.41) is 3.48. The van der Waals surface area contributed by atoms with Gasteiger partial charge < -0.3 is 15.0 Å². The number of methoxy groups -OCH3 is 1. The Hall–Kier alpha value is -1.06. The number of ether oxygens (including phenoxy) is 1. The molecule has 0 amide bonds. The third-order valence-corrected chi connectivity index (χ3v) is 4.17. The van der Waals surface area contributed by atoms with Crippen molar-refractivity contribution in [1.29, 1.82) is 0 Å². The summed E-state index contributed by atoms with van der Waals surface area (Å²) in [6.45, 7) is 9.73. The fourth-order valence-electron chi connectivity index (χ4n) is 2.74. The van der Waals surface area contributed by atoms with Gasteiger partial charge in [0.25, 0.3) is 0 Å². The van der Waals surface area contributed by atoms with Crippen LogP contribution < -0.4 is 10.2 Å². The molecule has 112 valence electrons. The summed E-state index contributed by atoms with van der Waals surface area (Å²) in [6.07, 6.45) is 2.71. The van der Waals surface area contributed by atoms with Gasteiger partial charge in [-0.15, -0.1) is 0 Å². The number of nitrogens with one attached hydrogen (secondary N) is 1. The SMILES string of the molecule is COC1CCN(c2ccc(CNC(C)C)c(C)c2)CC1. The fourth-order valence-corrected chi connectivity index (χ4v) is 2.74. The van der Waals surface area contributed by atoms with E-state index in [2.05, 4.69) is 49.2 Å². The van der Waals surface area contributed by atoms with E-state index in [9.17, 15) is 0 Å². The molecule has 0 aliphatic carbocycles. The van der Waals surface area contributed by atoms with Crippen molar-refractivity contribution in [2.45, 2.75) is 52.3 Å². The van der Waals surface area contributed by atoms with E-state index in [1.54, 1.807) is 0 Å². The van der Waals surface area contributed by atoms with E-state index in [0.717, 1.165) is 32.5 Å². The molecule has 1 fully saturated rings. The third-order valence-electron chi connectivity index (χ3n) is 4.17. The Bertz CT molecular complexity index is 423. The van der Waals surface area contributed by atoms with E-state index in [1.807, 2.05) is 7.11 Å². The predicted octanol–water partition coefficient (Wildman–Crippen LogP) is 3.11. The van der Waals surface area contributed by atoms with Gasteiger partial charge in [-0.3, -0.25) is 0 Å². The second-order valence-corrected chi connectivity index (χ2v) is 6.07. The van der Waals surface area contributed by atoms with Crippen LogP contribution in [0, 0.1) is 6.92 Å². The first kappa shape index (κ1) is 15.3. The maximum absolute atomic E-state index is 5.44. The minimum absolute atomic E-state index is 0.446. The smallest absolute Gasteiger partial charge is 0.0605 e. The number of piperidine rings is 1. The summed E-state index contributed by atoms with van der Waals surface area (Å²) in [5.41, 5.74) is 4.13. The zero-order valence-electron chi connectivity index (χ0n) is 13.3. The van der Waals surface area contributed by atoms with Crippen LogP contribution in [0.5, 0.6) is 0 Å². The van der Waals surface area contributed by atoms with Gasteiger partial charge in [-0.05, 0) is 43.0 Å². The number of nitrogens with zero attached hydrogens (tertiary/aromatic N) is 1. The van der Waals surface area contributed by atoms with Gasteiger partial charge in [0.15, 0.2) is 0 Å². The molecule has 0 spiro atoms. The van der Waals surface area contributed by atoms with Crippen LogP contribution in [-0.2, 0) is 11.3 Å². The molecule has 0 bridgehead atoms. The molecule has 20 heavy (non-hydrogen) atoms. The highest BCUT2D eigenvalue weighted by Gasteiger charge is 2.19. The summed E-state index contributed by atoms with van der Waals surface area (Å²) < 4.78 is 5.44. The van der Waals surface area contributed by atoms with Crippen LogP contribution in [0.1, 0.15) is 37.8 Å². The van der Waals surface area contributed by atoms with Crippen molar-refractivity contribution < 1.29 is 4.74 Å². The maximum Gasteiger partial charge on any atom is 0.0605 e. The first-order chi connectivity index (χ1) is 9.60. The van der Waals surface area contributed by atoms with E-state index in [0.29, 0.717) is 12.1 Å². The van der Waals surface area contributed by atoms with Gasteiger partial charge in [0, 0.05) is 38.5 Å². The van der Waals surface area contributed by atoms with Crippen molar-refractivity contribution in [3.05, 3.63) is 29.3 Å². The van der Waals surface area contributed by atoms with Crippen molar-refractivity contribution in [2.75, 3.05) is 25.1 Å². The Morgan fingerprint density at radius 3 is 2.55 bits per heavy atom. The lowest BCUT2D eigenvalue weighted by Gasteiger charge is -2.33. The average molecular weight is 276 g/mol. The third kappa shape index (κ3) is 3.97. The topological polar surface area (TPSA) is 24.5 Å². The van der Waals surface area contributed by atoms with Crippen molar-refractivity contribution >= 4 is 5.69 Å². The molecule has 1 N–H and O–H groups in total. The normalized spacial score (nSPS) is 16.9. The van der Waals surface area contributed by atoms with Crippen LogP contribution in [0.25, 0.3) is 0 Å². The number of anilines is 1. The molecule has 0 aromatic heterocycles. The predicted molar refractivity (Wildman–Crippen MR) is 85.4 cm³/mol. The second kappa shape index (κ2) is 7.09. The van der Waals surface area contributed by atoms with Gasteiger partial charge in [0.2, 0.25) is 0 Å². The summed E-state index contributed by atoms with van der Waals surface area (Å²) in [7, 11) is 1.82. The molecule has 3 heteroatoms. The van der Waals surface area contributed by atoms with E-state index >= 15 is 0 Å². The average Bonchev–Trinajstić information content (AvgIpc) is 2.46. The maximum atomic E-state index is 5.44. The first-order valence-corrected chi connectivity index (χ1v) is 7.71. The molecule has 1 heterocycles. The molecule has 1 aliphatic heterocycles. The fraction of sp³-hybridized carbons (Fsp3) is 0.647. The highest BCUT2D eigenvalue weighted by molar-refractivity contribution is 5.51. The summed E-state index contributed by atoms with van der Waals surface area (Å²) in [6, 6.07) is 7.38. The number of hydrogen-bond donors (Lipinski definition) is 1. The molecule has 0 saturated carbocycles. The van der Waals surface area contributed by atoms with Crippen molar-refractivity contribution in [2.24, 2.45) is 0 Å². The Balaban J connectivity index is 1.98. The van der Waals surface area contributed by atoms with Crippen LogP contribution in [0.2, 0.25) is 0 Å². The number of aryl methyl sites for hydroxylation is 1. The molecule has 1 saturated heterocycles. The van der Waals surface area contributed by atoms with E-state index in [4.69, 9.17) is 4.74 Å². The van der Waals surface area contributed by atoms with Crippen LogP contribution >= 0.6 is 0 Å². The molecule has 1 aromatic carbocycles. The van der Waals surface area contributed by atoms with E-state index in [1.165, 1.54) is 16.8 Å². The molecule has 1 aromatic rings. The van der Waals surface area contributed by atoms with E-state index < -0.39 is 0 Å².